The van der Waals surface area contributed by atoms with E-state index in [9.17, 15) is 13.2 Å². The number of nitrogens with zero attached hydrogens (tertiary/aromatic N) is 1. The Bertz CT molecular complexity index is 1050. The molecule has 0 bridgehead atoms. The van der Waals surface area contributed by atoms with Crippen LogP contribution in [0.1, 0.15) is 26.8 Å². The lowest BCUT2D eigenvalue weighted by Crippen LogP contribution is -2.34. The molecule has 158 valence electrons. The van der Waals surface area contributed by atoms with Gasteiger partial charge < -0.3 is 10.2 Å². The van der Waals surface area contributed by atoms with Crippen molar-refractivity contribution in [3.63, 3.8) is 0 Å². The smallest absolute Gasteiger partial charge is 0.251 e. The molecule has 1 unspecified atom stereocenters. The molecular weight excluding hydrogens is 418 g/mol. The van der Waals surface area contributed by atoms with E-state index >= 15 is 0 Å². The predicted molar refractivity (Wildman–Crippen MR) is 120 cm³/mol. The maximum absolute atomic E-state index is 12.6. The molecule has 8 heteroatoms. The lowest BCUT2D eigenvalue weighted by atomic mass is 10.1. The topological polar surface area (TPSA) is 78.5 Å². The lowest BCUT2D eigenvalue weighted by molar-refractivity contribution is 0.0942. The minimum absolute atomic E-state index is 0.0382. The third-order valence-corrected chi connectivity index (χ3v) is 7.00. The second-order valence-corrected chi connectivity index (χ2v) is 9.83. The summed E-state index contributed by atoms with van der Waals surface area (Å²) >= 11 is 1.49. The molecule has 1 amide bonds. The Morgan fingerprint density at radius 3 is 2.30 bits per heavy atom. The molecule has 3 aromatic rings. The number of rotatable bonds is 9. The van der Waals surface area contributed by atoms with Gasteiger partial charge in [-0.3, -0.25) is 4.79 Å². The van der Waals surface area contributed by atoms with Crippen LogP contribution in [0.25, 0.3) is 0 Å². The Kier molecular flexibility index (Phi) is 7.38. The number of hydrogen-bond donors (Lipinski definition) is 2. The first kappa shape index (κ1) is 22.2. The molecule has 1 heterocycles. The molecule has 2 aromatic carbocycles. The largest absolute Gasteiger partial charge is 0.350 e. The van der Waals surface area contributed by atoms with Crippen molar-refractivity contribution in [3.8, 4) is 0 Å². The Hall–Kier alpha value is -2.52. The minimum Gasteiger partial charge on any atom is -0.350 e. The van der Waals surface area contributed by atoms with Crippen LogP contribution in [-0.2, 0) is 16.6 Å². The summed E-state index contributed by atoms with van der Waals surface area (Å²) in [5, 5.41) is 4.83. The van der Waals surface area contributed by atoms with Gasteiger partial charge in [0.05, 0.1) is 10.9 Å². The first-order valence-electron chi connectivity index (χ1n) is 9.48. The SMILES string of the molecule is CN(C)C(CNC(=O)c1ccc(S(=O)(=O)NCc2cccs2)cc1)c1ccccc1. The van der Waals surface area contributed by atoms with Gasteiger partial charge in [0, 0.05) is 23.5 Å². The van der Waals surface area contributed by atoms with Gasteiger partial charge in [-0.15, -0.1) is 11.3 Å². The highest BCUT2D eigenvalue weighted by molar-refractivity contribution is 7.89. The van der Waals surface area contributed by atoms with Crippen molar-refractivity contribution in [3.05, 3.63) is 88.1 Å². The van der Waals surface area contributed by atoms with Crippen LogP contribution < -0.4 is 10.0 Å². The molecule has 0 saturated carbocycles. The molecular formula is C22H25N3O3S2. The van der Waals surface area contributed by atoms with Gasteiger partial charge in [0.15, 0.2) is 0 Å². The van der Waals surface area contributed by atoms with E-state index in [1.54, 1.807) is 0 Å². The summed E-state index contributed by atoms with van der Waals surface area (Å²) in [6.07, 6.45) is 0. The molecule has 0 saturated heterocycles. The van der Waals surface area contributed by atoms with Gasteiger partial charge in [0.2, 0.25) is 10.0 Å². The first-order chi connectivity index (χ1) is 14.4. The molecule has 0 fully saturated rings. The summed E-state index contributed by atoms with van der Waals surface area (Å²) in [6.45, 7) is 0.686. The molecule has 1 aromatic heterocycles. The number of likely N-dealkylation sites (N-methyl/N-ethyl adjacent to an activating group) is 1. The zero-order valence-electron chi connectivity index (χ0n) is 16.9. The van der Waals surface area contributed by atoms with Crippen LogP contribution in [-0.4, -0.2) is 39.9 Å². The van der Waals surface area contributed by atoms with Gasteiger partial charge in [-0.25, -0.2) is 13.1 Å². The molecule has 6 nitrogen and oxygen atoms in total. The molecule has 1 atom stereocenters. The first-order valence-corrected chi connectivity index (χ1v) is 11.8. The monoisotopic (exact) mass is 443 g/mol. The number of hydrogen-bond acceptors (Lipinski definition) is 5. The molecule has 2 N–H and O–H groups in total. The van der Waals surface area contributed by atoms with E-state index in [1.165, 1.54) is 35.6 Å². The van der Waals surface area contributed by atoms with Crippen LogP contribution >= 0.6 is 11.3 Å². The molecule has 0 spiro atoms. The van der Waals surface area contributed by atoms with E-state index < -0.39 is 10.0 Å². The Morgan fingerprint density at radius 2 is 1.70 bits per heavy atom. The number of benzene rings is 2. The maximum Gasteiger partial charge on any atom is 0.251 e. The van der Waals surface area contributed by atoms with Crippen LogP contribution in [0.3, 0.4) is 0 Å². The van der Waals surface area contributed by atoms with Gasteiger partial charge in [0.25, 0.3) is 5.91 Å². The van der Waals surface area contributed by atoms with Crippen LogP contribution in [0, 0.1) is 0 Å². The fourth-order valence-electron chi connectivity index (χ4n) is 3.01. The molecule has 3 rings (SSSR count). The quantitative estimate of drug-likeness (QED) is 0.532. The molecule has 0 radical (unpaired) electrons. The highest BCUT2D eigenvalue weighted by Crippen LogP contribution is 2.17. The third kappa shape index (κ3) is 5.76. The average molecular weight is 444 g/mol. The fraction of sp³-hybridized carbons (Fsp3) is 0.227. The highest BCUT2D eigenvalue weighted by atomic mass is 32.2. The molecule has 30 heavy (non-hydrogen) atoms. The normalized spacial score (nSPS) is 12.6. The summed E-state index contributed by atoms with van der Waals surface area (Å²) in [5.74, 6) is -0.242. The van der Waals surface area contributed by atoms with Crippen molar-refractivity contribution in [1.82, 2.24) is 14.9 Å². The predicted octanol–water partition coefficient (Wildman–Crippen LogP) is 3.26. The van der Waals surface area contributed by atoms with Crippen molar-refractivity contribution >= 4 is 27.3 Å². The van der Waals surface area contributed by atoms with Crippen LogP contribution in [0.15, 0.2) is 77.0 Å². The van der Waals surface area contributed by atoms with E-state index in [1.807, 2.05) is 66.8 Å². The summed E-state index contributed by atoms with van der Waals surface area (Å²) in [7, 11) is 0.296. The minimum atomic E-state index is -3.63. The summed E-state index contributed by atoms with van der Waals surface area (Å²) < 4.78 is 27.5. The van der Waals surface area contributed by atoms with Crippen LogP contribution in [0.4, 0.5) is 0 Å². The molecule has 0 aliphatic carbocycles. The van der Waals surface area contributed by atoms with Crippen molar-refractivity contribution in [2.24, 2.45) is 0 Å². The number of amides is 1. The lowest BCUT2D eigenvalue weighted by Gasteiger charge is -2.25. The van der Waals surface area contributed by atoms with Gasteiger partial charge >= 0.3 is 0 Å². The zero-order valence-corrected chi connectivity index (χ0v) is 18.5. The van der Waals surface area contributed by atoms with E-state index in [4.69, 9.17) is 0 Å². The standard InChI is InChI=1S/C22H25N3O3S2/c1-25(2)21(17-7-4-3-5-8-17)16-23-22(26)18-10-12-20(13-11-18)30(27,28)24-15-19-9-6-14-29-19/h3-14,21,24H,15-16H2,1-2H3,(H,23,26). The summed E-state index contributed by atoms with van der Waals surface area (Å²) in [5.41, 5.74) is 1.53. The second kappa shape index (κ2) is 9.99. The van der Waals surface area contributed by atoms with Crippen LogP contribution in [0.5, 0.6) is 0 Å². The van der Waals surface area contributed by atoms with Crippen molar-refractivity contribution in [1.29, 1.82) is 0 Å². The number of carbonyl (C=O) groups is 1. The number of thiophene rings is 1. The van der Waals surface area contributed by atoms with Gasteiger partial charge in [-0.1, -0.05) is 36.4 Å². The van der Waals surface area contributed by atoms with Crippen molar-refractivity contribution in [2.75, 3.05) is 20.6 Å². The van der Waals surface area contributed by atoms with Gasteiger partial charge in [-0.2, -0.15) is 0 Å². The average Bonchev–Trinajstić information content (AvgIpc) is 3.27. The van der Waals surface area contributed by atoms with Crippen molar-refractivity contribution < 1.29 is 13.2 Å². The molecule has 0 aliphatic rings. The molecule has 0 aliphatic heterocycles. The summed E-state index contributed by atoms with van der Waals surface area (Å²) in [4.78, 5) is 15.7. The number of nitrogens with one attached hydrogen (secondary N) is 2. The number of sulfonamides is 1. The van der Waals surface area contributed by atoms with Gasteiger partial charge in [-0.05, 0) is 55.4 Å². The van der Waals surface area contributed by atoms with Crippen molar-refractivity contribution in [2.45, 2.75) is 17.5 Å². The third-order valence-electron chi connectivity index (χ3n) is 4.71. The Balaban J connectivity index is 1.61. The number of carbonyl (C=O) groups excluding carboxylic acids is 1. The van der Waals surface area contributed by atoms with E-state index in [0.717, 1.165) is 10.4 Å². The van der Waals surface area contributed by atoms with E-state index in [0.29, 0.717) is 12.1 Å². The highest BCUT2D eigenvalue weighted by Gasteiger charge is 2.17. The Morgan fingerprint density at radius 1 is 1.00 bits per heavy atom. The second-order valence-electron chi connectivity index (χ2n) is 7.03. The van der Waals surface area contributed by atoms with Crippen LogP contribution in [0.2, 0.25) is 0 Å². The summed E-state index contributed by atoms with van der Waals surface area (Å²) in [6, 6.07) is 19.7. The van der Waals surface area contributed by atoms with E-state index in [2.05, 4.69) is 10.0 Å². The van der Waals surface area contributed by atoms with Gasteiger partial charge in [0.1, 0.15) is 0 Å². The maximum atomic E-state index is 12.6. The Labute approximate surface area is 181 Å². The van der Waals surface area contributed by atoms with E-state index in [-0.39, 0.29) is 23.4 Å². The fourth-order valence-corrected chi connectivity index (χ4v) is 4.76. The zero-order chi connectivity index (χ0) is 21.6.